The van der Waals surface area contributed by atoms with Crippen molar-refractivity contribution in [1.82, 2.24) is 4.57 Å². The molecule has 2 aromatic heterocycles. The van der Waals surface area contributed by atoms with Crippen LogP contribution in [0.3, 0.4) is 0 Å². The number of hydrogen-bond acceptors (Lipinski definition) is 5. The minimum Gasteiger partial charge on any atom is -0.493 e. The number of fused-ring (bicyclic) bond motifs is 1. The first-order valence-electron chi connectivity index (χ1n) is 7.10. The Bertz CT molecular complexity index is 1060. The number of carbonyl (C=O) groups is 1. The van der Waals surface area contributed by atoms with Crippen LogP contribution in [0.1, 0.15) is 9.67 Å². The maximum Gasteiger partial charge on any atom is 0.289 e. The van der Waals surface area contributed by atoms with Crippen molar-refractivity contribution in [1.29, 1.82) is 0 Å². The van der Waals surface area contributed by atoms with E-state index in [-0.39, 0.29) is 12.5 Å². The lowest BCUT2D eigenvalue weighted by atomic mass is 10.3. The fourth-order valence-electron chi connectivity index (χ4n) is 2.30. The van der Waals surface area contributed by atoms with Gasteiger partial charge in [-0.2, -0.15) is 4.99 Å². The standard InChI is InChI=1S/C17H13ClN2O3S2/c1-4-7-20-10-8-11(22-2)12(23-3)9-14(10)25-17(20)19-16(21)13-5-6-15(18)24-13/h1,5-6,8-9H,7H2,2-3H3. The molecule has 3 aromatic rings. The van der Waals surface area contributed by atoms with Crippen molar-refractivity contribution in [3.05, 3.63) is 38.3 Å². The molecule has 0 bridgehead atoms. The van der Waals surface area contributed by atoms with Crippen molar-refractivity contribution in [3.8, 4) is 23.8 Å². The number of terminal acetylenes is 1. The second-order valence-corrected chi connectivity index (χ2v) is 7.59. The van der Waals surface area contributed by atoms with Crippen LogP contribution in [0.25, 0.3) is 10.2 Å². The Hall–Kier alpha value is -2.27. The van der Waals surface area contributed by atoms with Crippen LogP contribution in [0.2, 0.25) is 4.34 Å². The van der Waals surface area contributed by atoms with Crippen molar-refractivity contribution in [2.75, 3.05) is 14.2 Å². The summed E-state index contributed by atoms with van der Waals surface area (Å²) < 4.78 is 13.9. The Balaban J connectivity index is 2.20. The number of hydrogen-bond donors (Lipinski definition) is 0. The maximum atomic E-state index is 12.4. The fraction of sp³-hybridized carbons (Fsp3) is 0.176. The lowest BCUT2D eigenvalue weighted by Gasteiger charge is -2.08. The molecular weight excluding hydrogens is 380 g/mol. The number of carbonyl (C=O) groups excluding carboxylic acids is 1. The van der Waals surface area contributed by atoms with Crippen LogP contribution < -0.4 is 14.3 Å². The van der Waals surface area contributed by atoms with Gasteiger partial charge in [0.2, 0.25) is 0 Å². The zero-order valence-electron chi connectivity index (χ0n) is 13.4. The molecule has 0 fully saturated rings. The minimum absolute atomic E-state index is 0.285. The number of nitrogens with zero attached hydrogens (tertiary/aromatic N) is 2. The van der Waals surface area contributed by atoms with Crippen LogP contribution in [0.15, 0.2) is 29.3 Å². The van der Waals surface area contributed by atoms with Gasteiger partial charge in [0.25, 0.3) is 5.91 Å². The summed E-state index contributed by atoms with van der Waals surface area (Å²) in [7, 11) is 3.14. The molecule has 1 amide bonds. The molecule has 1 aromatic carbocycles. The minimum atomic E-state index is -0.354. The van der Waals surface area contributed by atoms with Gasteiger partial charge in [0.1, 0.15) is 0 Å². The molecule has 0 aliphatic rings. The topological polar surface area (TPSA) is 52.8 Å². The summed E-state index contributed by atoms with van der Waals surface area (Å²) in [6.45, 7) is 0.285. The summed E-state index contributed by atoms with van der Waals surface area (Å²) >= 11 is 8.44. The van der Waals surface area contributed by atoms with E-state index in [0.29, 0.717) is 25.5 Å². The number of thiophene rings is 1. The number of amides is 1. The molecule has 0 saturated carbocycles. The van der Waals surface area contributed by atoms with Gasteiger partial charge in [-0.05, 0) is 12.1 Å². The first-order chi connectivity index (χ1) is 12.1. The smallest absolute Gasteiger partial charge is 0.289 e. The van der Waals surface area contributed by atoms with Crippen molar-refractivity contribution in [2.24, 2.45) is 4.99 Å². The van der Waals surface area contributed by atoms with Crippen molar-refractivity contribution < 1.29 is 14.3 Å². The third-order valence-corrected chi connectivity index (χ3v) is 5.68. The molecule has 0 saturated heterocycles. The number of aromatic nitrogens is 1. The summed E-state index contributed by atoms with van der Waals surface area (Å²) in [6.07, 6.45) is 5.49. The van der Waals surface area contributed by atoms with Gasteiger partial charge < -0.3 is 14.0 Å². The highest BCUT2D eigenvalue weighted by molar-refractivity contribution is 7.18. The van der Waals surface area contributed by atoms with E-state index in [2.05, 4.69) is 10.9 Å². The Morgan fingerprint density at radius 1 is 1.28 bits per heavy atom. The monoisotopic (exact) mass is 392 g/mol. The van der Waals surface area contributed by atoms with Gasteiger partial charge in [0.05, 0.1) is 40.2 Å². The molecule has 0 aliphatic carbocycles. The maximum absolute atomic E-state index is 12.4. The summed E-state index contributed by atoms with van der Waals surface area (Å²) in [5.41, 5.74) is 0.830. The van der Waals surface area contributed by atoms with Crippen LogP contribution in [-0.2, 0) is 6.54 Å². The highest BCUT2D eigenvalue weighted by Crippen LogP contribution is 2.33. The third-order valence-electron chi connectivity index (χ3n) is 3.42. The predicted molar refractivity (Wildman–Crippen MR) is 101 cm³/mol. The number of rotatable bonds is 4. The Kier molecular flexibility index (Phi) is 5.13. The number of halogens is 1. The Labute approximate surface area is 157 Å². The van der Waals surface area contributed by atoms with Gasteiger partial charge in [0, 0.05) is 12.1 Å². The van der Waals surface area contributed by atoms with E-state index >= 15 is 0 Å². The molecule has 0 atom stereocenters. The molecule has 0 radical (unpaired) electrons. The predicted octanol–water partition coefficient (Wildman–Crippen LogP) is 3.81. The number of thiazole rings is 1. The zero-order chi connectivity index (χ0) is 18.0. The highest BCUT2D eigenvalue weighted by Gasteiger charge is 2.14. The van der Waals surface area contributed by atoms with Crippen molar-refractivity contribution >= 4 is 50.4 Å². The zero-order valence-corrected chi connectivity index (χ0v) is 15.8. The summed E-state index contributed by atoms with van der Waals surface area (Å²) in [4.78, 5) is 17.6. The largest absolute Gasteiger partial charge is 0.493 e. The quantitative estimate of drug-likeness (QED) is 0.634. The van der Waals surface area contributed by atoms with Gasteiger partial charge in [-0.1, -0.05) is 28.9 Å². The molecule has 5 nitrogen and oxygen atoms in total. The van der Waals surface area contributed by atoms with Gasteiger partial charge in [-0.3, -0.25) is 4.79 Å². The second-order valence-electron chi connectivity index (χ2n) is 4.87. The first kappa shape index (κ1) is 17.5. The second kappa shape index (κ2) is 7.31. The van der Waals surface area contributed by atoms with Crippen LogP contribution in [0, 0.1) is 12.3 Å². The average Bonchev–Trinajstić information content (AvgIpc) is 3.18. The van der Waals surface area contributed by atoms with Crippen LogP contribution in [-0.4, -0.2) is 24.7 Å². The van der Waals surface area contributed by atoms with Gasteiger partial charge in [-0.25, -0.2) is 0 Å². The van der Waals surface area contributed by atoms with Gasteiger partial charge >= 0.3 is 0 Å². The molecule has 0 unspecified atom stereocenters. The van der Waals surface area contributed by atoms with Crippen LogP contribution in [0.5, 0.6) is 11.5 Å². The average molecular weight is 393 g/mol. The van der Waals surface area contributed by atoms with E-state index < -0.39 is 0 Å². The fourth-order valence-corrected chi connectivity index (χ4v) is 4.26. The van der Waals surface area contributed by atoms with Crippen LogP contribution >= 0.6 is 34.3 Å². The van der Waals surface area contributed by atoms with E-state index in [9.17, 15) is 4.79 Å². The third kappa shape index (κ3) is 3.42. The Morgan fingerprint density at radius 3 is 2.60 bits per heavy atom. The number of benzene rings is 1. The van der Waals surface area contributed by atoms with E-state index in [1.807, 2.05) is 12.1 Å². The summed E-state index contributed by atoms with van der Waals surface area (Å²) in [6, 6.07) is 7.00. The molecule has 128 valence electrons. The molecule has 3 rings (SSSR count). The normalized spacial score (nSPS) is 11.5. The number of methoxy groups -OCH3 is 2. The van der Waals surface area contributed by atoms with Crippen molar-refractivity contribution in [3.63, 3.8) is 0 Å². The van der Waals surface area contributed by atoms with Gasteiger partial charge in [0.15, 0.2) is 16.3 Å². The molecule has 0 aliphatic heterocycles. The van der Waals surface area contributed by atoms with Crippen LogP contribution in [0.4, 0.5) is 0 Å². The van der Waals surface area contributed by atoms with E-state index in [4.69, 9.17) is 27.5 Å². The Morgan fingerprint density at radius 2 is 2.00 bits per heavy atom. The molecule has 2 heterocycles. The van der Waals surface area contributed by atoms with E-state index in [1.54, 1.807) is 30.9 Å². The summed E-state index contributed by atoms with van der Waals surface area (Å²) in [5, 5.41) is 0. The molecule has 25 heavy (non-hydrogen) atoms. The molecule has 0 spiro atoms. The lowest BCUT2D eigenvalue weighted by molar-refractivity contribution is 0.100. The molecule has 8 heteroatoms. The number of ether oxygens (including phenoxy) is 2. The molecule has 0 N–H and O–H groups in total. The SMILES string of the molecule is C#CCn1c(=NC(=O)c2ccc(Cl)s2)sc2cc(OC)c(OC)cc21. The first-order valence-corrected chi connectivity index (χ1v) is 9.11. The van der Waals surface area contributed by atoms with E-state index in [0.717, 1.165) is 10.2 Å². The van der Waals surface area contributed by atoms with Gasteiger partial charge in [-0.15, -0.1) is 17.8 Å². The van der Waals surface area contributed by atoms with Crippen molar-refractivity contribution in [2.45, 2.75) is 6.54 Å². The van der Waals surface area contributed by atoms with E-state index in [1.165, 1.54) is 22.7 Å². The molecular formula is C17H13ClN2O3S2. The summed E-state index contributed by atoms with van der Waals surface area (Å²) in [5.74, 6) is 3.43. The lowest BCUT2D eigenvalue weighted by Crippen LogP contribution is -2.16. The highest BCUT2D eigenvalue weighted by atomic mass is 35.5.